The zero-order chi connectivity index (χ0) is 18.4. The van der Waals surface area contributed by atoms with Crippen LogP contribution in [0.3, 0.4) is 0 Å². The van der Waals surface area contributed by atoms with Crippen molar-refractivity contribution in [2.24, 2.45) is 5.92 Å². The molecule has 0 saturated heterocycles. The predicted octanol–water partition coefficient (Wildman–Crippen LogP) is 2.41. The third kappa shape index (κ3) is 5.42. The van der Waals surface area contributed by atoms with Crippen LogP contribution in [0.2, 0.25) is 5.02 Å². The Morgan fingerprint density at radius 3 is 2.60 bits per heavy atom. The minimum absolute atomic E-state index is 0.0561. The fourth-order valence-electron chi connectivity index (χ4n) is 2.51. The molecule has 2 rings (SSSR count). The van der Waals surface area contributed by atoms with Crippen LogP contribution in [0.5, 0.6) is 0 Å². The Labute approximate surface area is 152 Å². The monoisotopic (exact) mass is 365 g/mol. The topological polar surface area (TPSA) is 81.8 Å². The smallest absolute Gasteiger partial charge is 0.352 e. The maximum absolute atomic E-state index is 12.4. The van der Waals surface area contributed by atoms with Crippen LogP contribution >= 0.6 is 11.6 Å². The molecule has 0 radical (unpaired) electrons. The first-order chi connectivity index (χ1) is 11.9. The van der Waals surface area contributed by atoms with Gasteiger partial charge in [-0.15, -0.1) is 0 Å². The summed E-state index contributed by atoms with van der Waals surface area (Å²) in [5, 5.41) is 10.8. The van der Waals surface area contributed by atoms with Crippen molar-refractivity contribution >= 4 is 17.5 Å². The highest BCUT2D eigenvalue weighted by atomic mass is 35.5. The van der Waals surface area contributed by atoms with Gasteiger partial charge in [0.1, 0.15) is 6.54 Å². The molecule has 2 aromatic rings. The highest BCUT2D eigenvalue weighted by Gasteiger charge is 2.15. The number of carbonyl (C=O) groups excluding carboxylic acids is 1. The molecule has 1 N–H and O–H groups in total. The third-order valence-electron chi connectivity index (χ3n) is 3.84. The van der Waals surface area contributed by atoms with Crippen LogP contribution in [0.4, 0.5) is 0 Å². The third-order valence-corrected chi connectivity index (χ3v) is 4.16. The van der Waals surface area contributed by atoms with Crippen molar-refractivity contribution in [1.29, 1.82) is 0 Å². The number of hydrogen-bond donors (Lipinski definition) is 1. The first kappa shape index (κ1) is 19.2. The summed E-state index contributed by atoms with van der Waals surface area (Å²) in [6.45, 7) is 6.15. The molecule has 8 heteroatoms. The number of aromatic nitrogens is 4. The lowest BCUT2D eigenvalue weighted by Gasteiger charge is -2.14. The molecule has 0 aliphatic rings. The van der Waals surface area contributed by atoms with Gasteiger partial charge in [0.15, 0.2) is 0 Å². The van der Waals surface area contributed by atoms with Gasteiger partial charge in [0.2, 0.25) is 5.91 Å². The molecule has 1 heterocycles. The summed E-state index contributed by atoms with van der Waals surface area (Å²) < 4.78 is 2.11. The van der Waals surface area contributed by atoms with E-state index in [4.69, 9.17) is 11.6 Å². The van der Waals surface area contributed by atoms with Gasteiger partial charge in [0.05, 0.1) is 10.7 Å². The Hall–Kier alpha value is -2.15. The first-order valence-corrected chi connectivity index (χ1v) is 8.83. The largest absolute Gasteiger partial charge is 0.369 e. The van der Waals surface area contributed by atoms with Crippen molar-refractivity contribution in [3.05, 3.63) is 39.8 Å². The number of halogens is 1. The number of nitrogens with zero attached hydrogens (tertiary/aromatic N) is 4. The molecule has 0 bridgehead atoms. The van der Waals surface area contributed by atoms with E-state index in [1.807, 2.05) is 6.92 Å². The van der Waals surface area contributed by atoms with Gasteiger partial charge in [-0.25, -0.2) is 4.79 Å². The maximum Gasteiger partial charge on any atom is 0.369 e. The number of hydrogen-bond acceptors (Lipinski definition) is 4. The second kappa shape index (κ2) is 8.80. The van der Waals surface area contributed by atoms with Crippen molar-refractivity contribution in [2.45, 2.75) is 52.6 Å². The van der Waals surface area contributed by atoms with E-state index in [0.29, 0.717) is 16.6 Å². The van der Waals surface area contributed by atoms with Gasteiger partial charge < -0.3 is 5.32 Å². The van der Waals surface area contributed by atoms with Gasteiger partial charge in [-0.3, -0.25) is 4.79 Å². The van der Waals surface area contributed by atoms with Gasteiger partial charge >= 0.3 is 5.69 Å². The molecule has 1 aromatic heterocycles. The number of para-hydroxylation sites is 1. The Bertz CT molecular complexity index is 768. The zero-order valence-corrected chi connectivity index (χ0v) is 15.5. The maximum atomic E-state index is 12.4. The SMILES string of the molecule is CC(C)CCCC(C)NC(=O)Cn1nnn(-c2ccccc2Cl)c1=O. The molecule has 0 aliphatic carbocycles. The first-order valence-electron chi connectivity index (χ1n) is 8.45. The van der Waals surface area contributed by atoms with Crippen LogP contribution in [0.15, 0.2) is 29.1 Å². The minimum atomic E-state index is -0.504. The van der Waals surface area contributed by atoms with Crippen molar-refractivity contribution in [1.82, 2.24) is 25.1 Å². The van der Waals surface area contributed by atoms with Crippen molar-refractivity contribution < 1.29 is 4.79 Å². The van der Waals surface area contributed by atoms with Crippen LogP contribution < -0.4 is 11.0 Å². The van der Waals surface area contributed by atoms with E-state index in [0.717, 1.165) is 28.6 Å². The van der Waals surface area contributed by atoms with Crippen LogP contribution in [-0.4, -0.2) is 31.7 Å². The number of nitrogens with one attached hydrogen (secondary N) is 1. The summed E-state index contributed by atoms with van der Waals surface area (Å²) in [5.74, 6) is 0.395. The molecule has 0 saturated carbocycles. The molecule has 136 valence electrons. The summed E-state index contributed by atoms with van der Waals surface area (Å²) in [5.41, 5.74) is -0.0708. The average Bonchev–Trinajstić information content (AvgIpc) is 2.88. The van der Waals surface area contributed by atoms with Crippen molar-refractivity contribution in [3.63, 3.8) is 0 Å². The van der Waals surface area contributed by atoms with E-state index in [-0.39, 0.29) is 18.5 Å². The molecule has 1 amide bonds. The van der Waals surface area contributed by atoms with Crippen LogP contribution in [0.1, 0.15) is 40.0 Å². The quantitative estimate of drug-likeness (QED) is 0.778. The van der Waals surface area contributed by atoms with Gasteiger partial charge in [-0.2, -0.15) is 9.36 Å². The fraction of sp³-hybridized carbons (Fsp3) is 0.529. The summed E-state index contributed by atoms with van der Waals surface area (Å²) in [6.07, 6.45) is 3.10. The Kier molecular flexibility index (Phi) is 6.75. The number of rotatable bonds is 8. The predicted molar refractivity (Wildman–Crippen MR) is 96.9 cm³/mol. The summed E-state index contributed by atoms with van der Waals surface area (Å²) in [6, 6.07) is 6.89. The number of amides is 1. The highest BCUT2D eigenvalue weighted by Crippen LogP contribution is 2.16. The second-order valence-corrected chi connectivity index (χ2v) is 6.98. The standard InChI is InChI=1S/C17H24ClN5O2/c1-12(2)7-6-8-13(3)19-16(24)11-22-17(25)23(21-20-22)15-10-5-4-9-14(15)18/h4-5,9-10,12-13H,6-8,11H2,1-3H3,(H,19,24). The molecular formula is C17H24ClN5O2. The van der Waals surface area contributed by atoms with E-state index in [9.17, 15) is 9.59 Å². The molecule has 1 unspecified atom stereocenters. The van der Waals surface area contributed by atoms with Crippen LogP contribution in [-0.2, 0) is 11.3 Å². The van der Waals surface area contributed by atoms with Crippen LogP contribution in [0.25, 0.3) is 5.69 Å². The van der Waals surface area contributed by atoms with Gasteiger partial charge in [0.25, 0.3) is 0 Å². The fourth-order valence-corrected chi connectivity index (χ4v) is 2.72. The lowest BCUT2D eigenvalue weighted by molar-refractivity contribution is -0.122. The Morgan fingerprint density at radius 1 is 1.20 bits per heavy atom. The number of tetrazole rings is 1. The number of carbonyl (C=O) groups is 1. The molecule has 7 nitrogen and oxygen atoms in total. The molecular weight excluding hydrogens is 342 g/mol. The van der Waals surface area contributed by atoms with Crippen molar-refractivity contribution in [2.75, 3.05) is 0 Å². The van der Waals surface area contributed by atoms with Gasteiger partial charge in [0, 0.05) is 6.04 Å². The lowest BCUT2D eigenvalue weighted by atomic mass is 10.0. The van der Waals surface area contributed by atoms with E-state index in [2.05, 4.69) is 29.6 Å². The second-order valence-electron chi connectivity index (χ2n) is 6.58. The lowest BCUT2D eigenvalue weighted by Crippen LogP contribution is -2.38. The average molecular weight is 366 g/mol. The summed E-state index contributed by atoms with van der Waals surface area (Å²) in [7, 11) is 0. The van der Waals surface area contributed by atoms with E-state index >= 15 is 0 Å². The minimum Gasteiger partial charge on any atom is -0.352 e. The molecule has 1 aromatic carbocycles. The molecule has 25 heavy (non-hydrogen) atoms. The van der Waals surface area contributed by atoms with Crippen molar-refractivity contribution in [3.8, 4) is 5.69 Å². The summed E-state index contributed by atoms with van der Waals surface area (Å²) >= 11 is 6.07. The zero-order valence-electron chi connectivity index (χ0n) is 14.8. The van der Waals surface area contributed by atoms with E-state index in [1.165, 1.54) is 0 Å². The Balaban J connectivity index is 1.96. The van der Waals surface area contributed by atoms with E-state index in [1.54, 1.807) is 24.3 Å². The van der Waals surface area contributed by atoms with Gasteiger partial charge in [-0.1, -0.05) is 50.4 Å². The summed E-state index contributed by atoms with van der Waals surface area (Å²) in [4.78, 5) is 24.5. The number of benzene rings is 1. The molecule has 1 atom stereocenters. The molecule has 0 fully saturated rings. The van der Waals surface area contributed by atoms with Crippen LogP contribution in [0, 0.1) is 5.92 Å². The molecule has 0 aliphatic heterocycles. The highest BCUT2D eigenvalue weighted by molar-refractivity contribution is 6.32. The van der Waals surface area contributed by atoms with E-state index < -0.39 is 5.69 Å². The normalized spacial score (nSPS) is 12.4. The Morgan fingerprint density at radius 2 is 1.92 bits per heavy atom. The molecule has 0 spiro atoms. The van der Waals surface area contributed by atoms with Gasteiger partial charge in [-0.05, 0) is 41.8 Å².